The van der Waals surface area contributed by atoms with E-state index in [0.717, 1.165) is 31.5 Å². The third-order valence-electron chi connectivity index (χ3n) is 5.29. The summed E-state index contributed by atoms with van der Waals surface area (Å²) in [5.74, 6) is 1.18. The van der Waals surface area contributed by atoms with Crippen LogP contribution in [-0.2, 0) is 4.79 Å². The molecule has 2 fully saturated rings. The van der Waals surface area contributed by atoms with E-state index in [4.69, 9.17) is 21.1 Å². The monoisotopic (exact) mass is 392 g/mol. The van der Waals surface area contributed by atoms with E-state index in [1.807, 2.05) is 17.9 Å². The van der Waals surface area contributed by atoms with Gasteiger partial charge in [-0.2, -0.15) is 0 Å². The predicted octanol–water partition coefficient (Wildman–Crippen LogP) is 3.85. The van der Waals surface area contributed by atoms with Crippen LogP contribution in [0.5, 0.6) is 11.5 Å². The average molecular weight is 393 g/mol. The van der Waals surface area contributed by atoms with Gasteiger partial charge in [0.05, 0.1) is 18.7 Å². The number of ether oxygens (including phenoxy) is 2. The van der Waals surface area contributed by atoms with Gasteiger partial charge >= 0.3 is 0 Å². The third kappa shape index (κ3) is 4.96. The molecule has 2 aliphatic rings. The van der Waals surface area contributed by atoms with E-state index < -0.39 is 0 Å². The van der Waals surface area contributed by atoms with Crippen molar-refractivity contribution in [2.24, 2.45) is 0 Å². The molecule has 1 unspecified atom stereocenters. The molecule has 1 aromatic rings. The van der Waals surface area contributed by atoms with E-state index in [1.54, 1.807) is 25.3 Å². The summed E-state index contributed by atoms with van der Waals surface area (Å²) < 4.78 is 10.9. The van der Waals surface area contributed by atoms with Gasteiger partial charge in [-0.1, -0.05) is 11.6 Å². The number of nitrogens with zero attached hydrogens (tertiary/aromatic N) is 2. The van der Waals surface area contributed by atoms with Crippen molar-refractivity contribution in [1.82, 2.24) is 9.80 Å². The van der Waals surface area contributed by atoms with Crippen LogP contribution in [0.2, 0.25) is 5.02 Å². The van der Waals surface area contributed by atoms with Gasteiger partial charge in [0.2, 0.25) is 5.91 Å². The first-order chi connectivity index (χ1) is 13.1. The van der Waals surface area contributed by atoms with Crippen LogP contribution in [0.15, 0.2) is 18.2 Å². The van der Waals surface area contributed by atoms with Gasteiger partial charge in [0, 0.05) is 25.2 Å². The Labute approximate surface area is 166 Å². The van der Waals surface area contributed by atoms with E-state index >= 15 is 0 Å². The average Bonchev–Trinajstić information content (AvgIpc) is 3.34. The molecule has 1 aromatic carbocycles. The Kier molecular flexibility index (Phi) is 7.02. The molecular formula is C21H29ClN2O3. The highest BCUT2D eigenvalue weighted by Gasteiger charge is 2.29. The Bertz CT molecular complexity index is 686. The lowest BCUT2D eigenvalue weighted by Crippen LogP contribution is -2.41. The molecule has 3 rings (SSSR count). The number of hydrogen-bond donors (Lipinski definition) is 0. The largest absolute Gasteiger partial charge is 0.493 e. The molecule has 0 spiro atoms. The minimum atomic E-state index is 0.0701. The second-order valence-electron chi connectivity index (χ2n) is 7.14. The van der Waals surface area contributed by atoms with Crippen LogP contribution < -0.4 is 9.47 Å². The zero-order valence-corrected chi connectivity index (χ0v) is 17.0. The first-order valence-corrected chi connectivity index (χ1v) is 10.2. The molecule has 1 atom stereocenters. The van der Waals surface area contributed by atoms with Crippen LogP contribution in [-0.4, -0.2) is 61.6 Å². The lowest BCUT2D eigenvalue weighted by Gasteiger charge is -2.27. The van der Waals surface area contributed by atoms with Gasteiger partial charge in [-0.3, -0.25) is 4.79 Å². The molecule has 6 heteroatoms. The van der Waals surface area contributed by atoms with Gasteiger partial charge in [-0.25, -0.2) is 0 Å². The topological polar surface area (TPSA) is 42.0 Å². The number of amides is 1. The molecular weight excluding hydrogens is 364 g/mol. The molecule has 0 aliphatic carbocycles. The van der Waals surface area contributed by atoms with Crippen molar-refractivity contribution >= 4 is 23.6 Å². The second-order valence-corrected chi connectivity index (χ2v) is 7.54. The summed E-state index contributed by atoms with van der Waals surface area (Å²) in [4.78, 5) is 17.2. The van der Waals surface area contributed by atoms with Crippen molar-refractivity contribution in [3.63, 3.8) is 0 Å². The van der Waals surface area contributed by atoms with Crippen molar-refractivity contribution in [2.75, 3.05) is 39.9 Å². The maximum atomic E-state index is 12.7. The molecule has 1 amide bonds. The molecule has 27 heavy (non-hydrogen) atoms. The number of rotatable bonds is 7. The Morgan fingerprint density at radius 1 is 1.26 bits per heavy atom. The van der Waals surface area contributed by atoms with Crippen LogP contribution in [0.4, 0.5) is 0 Å². The maximum absolute atomic E-state index is 12.7. The summed E-state index contributed by atoms with van der Waals surface area (Å²) in [6.45, 7) is 6.59. The Balaban J connectivity index is 1.67. The van der Waals surface area contributed by atoms with Gasteiger partial charge < -0.3 is 19.3 Å². The van der Waals surface area contributed by atoms with Crippen molar-refractivity contribution in [2.45, 2.75) is 38.6 Å². The third-order valence-corrected chi connectivity index (χ3v) is 5.57. The summed E-state index contributed by atoms with van der Waals surface area (Å²) >= 11 is 6.31. The van der Waals surface area contributed by atoms with E-state index in [0.29, 0.717) is 29.2 Å². The Hall–Kier alpha value is -1.72. The van der Waals surface area contributed by atoms with Gasteiger partial charge in [-0.05, 0) is 69.5 Å². The lowest BCUT2D eigenvalue weighted by molar-refractivity contribution is -0.127. The van der Waals surface area contributed by atoms with Gasteiger partial charge in [0.15, 0.2) is 11.5 Å². The molecule has 0 saturated carbocycles. The maximum Gasteiger partial charge on any atom is 0.246 e. The van der Waals surface area contributed by atoms with Crippen molar-refractivity contribution in [3.8, 4) is 11.5 Å². The molecule has 5 nitrogen and oxygen atoms in total. The quantitative estimate of drug-likeness (QED) is 0.661. The highest BCUT2D eigenvalue weighted by molar-refractivity contribution is 6.32. The normalized spacial score (nSPS) is 20.6. The number of hydrogen-bond acceptors (Lipinski definition) is 4. The van der Waals surface area contributed by atoms with E-state index in [9.17, 15) is 4.79 Å². The number of methoxy groups -OCH3 is 1. The molecule has 0 aromatic heterocycles. The first kappa shape index (κ1) is 20.0. The second kappa shape index (κ2) is 9.47. The van der Waals surface area contributed by atoms with E-state index in [2.05, 4.69) is 4.90 Å². The van der Waals surface area contributed by atoms with Gasteiger partial charge in [-0.15, -0.1) is 0 Å². The predicted molar refractivity (Wildman–Crippen MR) is 109 cm³/mol. The summed E-state index contributed by atoms with van der Waals surface area (Å²) in [5.41, 5.74) is 0.823. The Morgan fingerprint density at radius 3 is 2.74 bits per heavy atom. The number of likely N-dealkylation sites (tertiary alicyclic amines) is 2. The highest BCUT2D eigenvalue weighted by atomic mass is 35.5. The number of carbonyl (C=O) groups is 1. The van der Waals surface area contributed by atoms with Gasteiger partial charge in [0.1, 0.15) is 0 Å². The first-order valence-electron chi connectivity index (χ1n) is 9.83. The zero-order valence-electron chi connectivity index (χ0n) is 16.2. The fourth-order valence-electron chi connectivity index (χ4n) is 3.96. The molecule has 0 N–H and O–H groups in total. The fourth-order valence-corrected chi connectivity index (χ4v) is 4.24. The fraction of sp³-hybridized carbons (Fsp3) is 0.571. The molecule has 2 saturated heterocycles. The van der Waals surface area contributed by atoms with Crippen LogP contribution in [0.25, 0.3) is 6.08 Å². The van der Waals surface area contributed by atoms with E-state index in [1.165, 1.54) is 25.9 Å². The van der Waals surface area contributed by atoms with E-state index in [-0.39, 0.29) is 5.91 Å². The summed E-state index contributed by atoms with van der Waals surface area (Å²) in [7, 11) is 1.58. The highest BCUT2D eigenvalue weighted by Crippen LogP contribution is 2.36. The molecule has 0 radical (unpaired) electrons. The number of halogens is 1. The van der Waals surface area contributed by atoms with Crippen LogP contribution in [0, 0.1) is 0 Å². The zero-order chi connectivity index (χ0) is 19.2. The van der Waals surface area contributed by atoms with Crippen molar-refractivity contribution in [1.29, 1.82) is 0 Å². The number of benzene rings is 1. The van der Waals surface area contributed by atoms with Crippen molar-refractivity contribution < 1.29 is 14.3 Å². The van der Waals surface area contributed by atoms with Crippen LogP contribution in [0.1, 0.15) is 38.2 Å². The summed E-state index contributed by atoms with van der Waals surface area (Å²) in [6.07, 6.45) is 8.19. The minimum Gasteiger partial charge on any atom is -0.493 e. The molecule has 2 heterocycles. The summed E-state index contributed by atoms with van der Waals surface area (Å²) in [5, 5.41) is 0.483. The standard InChI is InChI=1S/C21H29ClN2O3/c1-3-27-21-18(22)13-16(14-19(21)26-2)8-9-20(25)24-12-6-7-17(24)15-23-10-4-5-11-23/h8-9,13-14,17H,3-7,10-12,15H2,1-2H3/b9-8+. The van der Waals surface area contributed by atoms with Gasteiger partial charge in [0.25, 0.3) is 0 Å². The van der Waals surface area contributed by atoms with Crippen molar-refractivity contribution in [3.05, 3.63) is 28.8 Å². The Morgan fingerprint density at radius 2 is 2.04 bits per heavy atom. The van der Waals surface area contributed by atoms with Crippen LogP contribution >= 0.6 is 11.6 Å². The summed E-state index contributed by atoms with van der Waals surface area (Å²) in [6, 6.07) is 3.97. The minimum absolute atomic E-state index is 0.0701. The van der Waals surface area contributed by atoms with Crippen LogP contribution in [0.3, 0.4) is 0 Å². The molecule has 2 aliphatic heterocycles. The SMILES string of the molecule is CCOc1c(Cl)cc(/C=C/C(=O)N2CCCC2CN2CCCC2)cc1OC. The molecule has 0 bridgehead atoms. The molecule has 148 valence electrons. The lowest BCUT2D eigenvalue weighted by atomic mass is 10.1. The smallest absolute Gasteiger partial charge is 0.246 e. The number of carbonyl (C=O) groups excluding carboxylic acids is 1.